The number of rotatable bonds is 7. The Bertz CT molecular complexity index is 421. The minimum absolute atomic E-state index is 0.172. The topological polar surface area (TPSA) is 71.1 Å². The van der Waals surface area contributed by atoms with Gasteiger partial charge in [0.05, 0.1) is 20.8 Å². The Kier molecular flexibility index (Phi) is 6.52. The molecule has 0 saturated heterocycles. The predicted octanol–water partition coefficient (Wildman–Crippen LogP) is 1.52. The average molecular weight is 282 g/mol. The van der Waals surface area contributed by atoms with Crippen molar-refractivity contribution in [1.29, 1.82) is 0 Å². The van der Waals surface area contributed by atoms with Crippen LogP contribution in [0.1, 0.15) is 12.5 Å². The van der Waals surface area contributed by atoms with Crippen LogP contribution in [-0.2, 0) is 30.5 Å². The van der Waals surface area contributed by atoms with Gasteiger partial charge in [0.1, 0.15) is 5.75 Å². The standard InChI is InChI=1S/C14H18O6/c1-4-19-13(15)12(14(16)20-18-3)9-10-5-7-11(17-2)8-6-10/h5-8,12H,4,9H2,1-3H3. The van der Waals surface area contributed by atoms with Crippen molar-refractivity contribution in [3.05, 3.63) is 29.8 Å². The maximum absolute atomic E-state index is 11.8. The van der Waals surface area contributed by atoms with Crippen LogP contribution in [0.25, 0.3) is 0 Å². The molecule has 0 N–H and O–H groups in total. The van der Waals surface area contributed by atoms with Gasteiger partial charge in [0.15, 0.2) is 5.92 Å². The lowest BCUT2D eigenvalue weighted by molar-refractivity contribution is -0.259. The number of benzene rings is 1. The second-order valence-electron chi connectivity index (χ2n) is 3.93. The van der Waals surface area contributed by atoms with Crippen LogP contribution in [0, 0.1) is 5.92 Å². The summed E-state index contributed by atoms with van der Waals surface area (Å²) in [5.74, 6) is -1.77. The minimum atomic E-state index is -1.05. The Morgan fingerprint density at radius 3 is 2.25 bits per heavy atom. The molecule has 0 spiro atoms. The van der Waals surface area contributed by atoms with Crippen LogP contribution in [0.15, 0.2) is 24.3 Å². The minimum Gasteiger partial charge on any atom is -0.497 e. The normalized spacial score (nSPS) is 11.6. The molecule has 0 radical (unpaired) electrons. The van der Waals surface area contributed by atoms with Crippen molar-refractivity contribution in [3.63, 3.8) is 0 Å². The first-order valence-electron chi connectivity index (χ1n) is 6.16. The summed E-state index contributed by atoms with van der Waals surface area (Å²) in [4.78, 5) is 32.2. The van der Waals surface area contributed by atoms with Gasteiger partial charge in [0.2, 0.25) is 0 Å². The van der Waals surface area contributed by atoms with Crippen molar-refractivity contribution in [3.8, 4) is 5.75 Å². The highest BCUT2D eigenvalue weighted by Gasteiger charge is 2.30. The lowest BCUT2D eigenvalue weighted by atomic mass is 9.99. The average Bonchev–Trinajstić information content (AvgIpc) is 2.45. The second kappa shape index (κ2) is 8.16. The number of carbonyl (C=O) groups excluding carboxylic acids is 2. The zero-order chi connectivity index (χ0) is 15.0. The molecule has 20 heavy (non-hydrogen) atoms. The Morgan fingerprint density at radius 2 is 1.75 bits per heavy atom. The quantitative estimate of drug-likeness (QED) is 0.327. The molecular weight excluding hydrogens is 264 g/mol. The highest BCUT2D eigenvalue weighted by Crippen LogP contribution is 2.16. The van der Waals surface area contributed by atoms with E-state index in [0.717, 1.165) is 5.56 Å². The zero-order valence-electron chi connectivity index (χ0n) is 11.8. The van der Waals surface area contributed by atoms with Crippen molar-refractivity contribution < 1.29 is 28.8 Å². The van der Waals surface area contributed by atoms with E-state index in [0.29, 0.717) is 5.75 Å². The molecule has 0 aliphatic carbocycles. The molecule has 0 saturated carbocycles. The SMILES string of the molecule is CCOC(=O)C(Cc1ccc(OC)cc1)C(=O)OOC. The summed E-state index contributed by atoms with van der Waals surface area (Å²) in [6, 6.07) is 7.04. The first kappa shape index (κ1) is 16.0. The van der Waals surface area contributed by atoms with E-state index >= 15 is 0 Å². The van der Waals surface area contributed by atoms with Crippen molar-refractivity contribution in [2.75, 3.05) is 20.8 Å². The zero-order valence-corrected chi connectivity index (χ0v) is 11.8. The molecule has 1 unspecified atom stereocenters. The van der Waals surface area contributed by atoms with Crippen molar-refractivity contribution in [1.82, 2.24) is 0 Å². The lowest BCUT2D eigenvalue weighted by Gasteiger charge is -2.13. The molecule has 1 aromatic carbocycles. The summed E-state index contributed by atoms with van der Waals surface area (Å²) in [6.45, 7) is 1.86. The molecule has 0 amide bonds. The molecule has 1 aromatic rings. The fourth-order valence-corrected chi connectivity index (χ4v) is 1.64. The van der Waals surface area contributed by atoms with E-state index in [-0.39, 0.29) is 13.0 Å². The largest absolute Gasteiger partial charge is 0.497 e. The van der Waals surface area contributed by atoms with Crippen LogP contribution in [-0.4, -0.2) is 32.8 Å². The summed E-state index contributed by atoms with van der Waals surface area (Å²) >= 11 is 0. The Labute approximate surface area is 117 Å². The molecule has 0 aliphatic heterocycles. The van der Waals surface area contributed by atoms with Crippen molar-refractivity contribution in [2.24, 2.45) is 5.92 Å². The van der Waals surface area contributed by atoms with Gasteiger partial charge in [-0.25, -0.2) is 4.79 Å². The number of ether oxygens (including phenoxy) is 2. The highest BCUT2D eigenvalue weighted by atomic mass is 17.2. The third kappa shape index (κ3) is 4.55. The number of hydrogen-bond acceptors (Lipinski definition) is 6. The molecule has 6 nitrogen and oxygen atoms in total. The van der Waals surface area contributed by atoms with Gasteiger partial charge in [-0.1, -0.05) is 12.1 Å². The maximum atomic E-state index is 11.8. The molecule has 1 rings (SSSR count). The van der Waals surface area contributed by atoms with E-state index in [4.69, 9.17) is 9.47 Å². The molecule has 0 heterocycles. The molecule has 0 aromatic heterocycles. The fourth-order valence-electron chi connectivity index (χ4n) is 1.64. The smallest absolute Gasteiger partial charge is 0.356 e. The van der Waals surface area contributed by atoms with E-state index in [2.05, 4.69) is 9.78 Å². The predicted molar refractivity (Wildman–Crippen MR) is 69.9 cm³/mol. The number of carbonyl (C=O) groups is 2. The third-order valence-corrected chi connectivity index (χ3v) is 2.62. The van der Waals surface area contributed by atoms with E-state index in [1.807, 2.05) is 0 Å². The Hall–Kier alpha value is -2.08. The monoisotopic (exact) mass is 282 g/mol. The number of methoxy groups -OCH3 is 1. The summed E-state index contributed by atoms with van der Waals surface area (Å²) < 4.78 is 9.91. The van der Waals surface area contributed by atoms with Crippen LogP contribution >= 0.6 is 0 Å². The van der Waals surface area contributed by atoms with E-state index in [9.17, 15) is 9.59 Å². The highest BCUT2D eigenvalue weighted by molar-refractivity contribution is 5.95. The van der Waals surface area contributed by atoms with Gasteiger partial charge in [-0.05, 0) is 31.0 Å². The fraction of sp³-hybridized carbons (Fsp3) is 0.429. The van der Waals surface area contributed by atoms with Crippen LogP contribution in [0.5, 0.6) is 5.75 Å². The van der Waals surface area contributed by atoms with E-state index < -0.39 is 17.9 Å². The van der Waals surface area contributed by atoms with Crippen LogP contribution in [0.3, 0.4) is 0 Å². The molecule has 0 fully saturated rings. The number of esters is 1. The second-order valence-corrected chi connectivity index (χ2v) is 3.93. The third-order valence-electron chi connectivity index (χ3n) is 2.62. The molecule has 0 bridgehead atoms. The van der Waals surface area contributed by atoms with Gasteiger partial charge in [0.25, 0.3) is 0 Å². The lowest BCUT2D eigenvalue weighted by Crippen LogP contribution is -2.29. The van der Waals surface area contributed by atoms with Gasteiger partial charge in [0, 0.05) is 0 Å². The summed E-state index contributed by atoms with van der Waals surface area (Å²) in [7, 11) is 2.76. The summed E-state index contributed by atoms with van der Waals surface area (Å²) in [5, 5.41) is 0. The first-order chi connectivity index (χ1) is 9.62. The molecule has 0 aliphatic rings. The van der Waals surface area contributed by atoms with Crippen LogP contribution in [0.4, 0.5) is 0 Å². The molecular formula is C14H18O6. The molecule has 1 atom stereocenters. The summed E-state index contributed by atoms with van der Waals surface area (Å²) in [6.07, 6.45) is 0.172. The van der Waals surface area contributed by atoms with Gasteiger partial charge in [-0.15, -0.1) is 0 Å². The van der Waals surface area contributed by atoms with Crippen molar-refractivity contribution in [2.45, 2.75) is 13.3 Å². The molecule has 6 heteroatoms. The Balaban J connectivity index is 2.81. The van der Waals surface area contributed by atoms with E-state index in [1.165, 1.54) is 7.11 Å². The van der Waals surface area contributed by atoms with Crippen LogP contribution in [0.2, 0.25) is 0 Å². The van der Waals surface area contributed by atoms with Gasteiger partial charge in [-0.2, -0.15) is 4.89 Å². The molecule has 110 valence electrons. The van der Waals surface area contributed by atoms with Gasteiger partial charge in [-0.3, -0.25) is 9.68 Å². The van der Waals surface area contributed by atoms with Crippen molar-refractivity contribution >= 4 is 11.9 Å². The number of hydrogen-bond donors (Lipinski definition) is 0. The van der Waals surface area contributed by atoms with E-state index in [1.54, 1.807) is 38.3 Å². The summed E-state index contributed by atoms with van der Waals surface area (Å²) in [5.41, 5.74) is 0.789. The van der Waals surface area contributed by atoms with Gasteiger partial charge < -0.3 is 9.47 Å². The van der Waals surface area contributed by atoms with Gasteiger partial charge >= 0.3 is 11.9 Å². The Morgan fingerprint density at radius 1 is 1.10 bits per heavy atom. The first-order valence-corrected chi connectivity index (χ1v) is 6.16. The van der Waals surface area contributed by atoms with Crippen LogP contribution < -0.4 is 4.74 Å². The maximum Gasteiger partial charge on any atom is 0.356 e.